The molecule has 2 nitrogen and oxygen atoms in total. The summed E-state index contributed by atoms with van der Waals surface area (Å²) in [4.78, 5) is 4.09. The van der Waals surface area contributed by atoms with Crippen molar-refractivity contribution in [2.75, 3.05) is 0 Å². The number of hydrogen-bond donors (Lipinski definition) is 1. The Morgan fingerprint density at radius 2 is 2.08 bits per heavy atom. The quantitative estimate of drug-likeness (QED) is 0.684. The van der Waals surface area contributed by atoms with Crippen molar-refractivity contribution < 1.29 is 0 Å². The van der Waals surface area contributed by atoms with Gasteiger partial charge in [-0.1, -0.05) is 18.9 Å². The molecular weight excluding hydrogens is 148 g/mol. The van der Waals surface area contributed by atoms with E-state index in [9.17, 15) is 0 Å². The van der Waals surface area contributed by atoms with Crippen molar-refractivity contribution in [2.24, 2.45) is 5.73 Å². The van der Waals surface area contributed by atoms with Gasteiger partial charge in [0, 0.05) is 17.9 Å². The van der Waals surface area contributed by atoms with Gasteiger partial charge in [0.2, 0.25) is 0 Å². The van der Waals surface area contributed by atoms with Gasteiger partial charge in [-0.25, -0.2) is 0 Å². The van der Waals surface area contributed by atoms with E-state index in [4.69, 9.17) is 5.73 Å². The largest absolute Gasteiger partial charge is 0.321 e. The summed E-state index contributed by atoms with van der Waals surface area (Å²) < 4.78 is 0. The number of pyridine rings is 1. The SMILES string of the molecule is NC1(c2cccnc2)CCCC1. The van der Waals surface area contributed by atoms with Gasteiger partial charge in [0.1, 0.15) is 0 Å². The number of nitrogens with two attached hydrogens (primary N) is 1. The zero-order valence-electron chi connectivity index (χ0n) is 7.16. The molecule has 1 aliphatic carbocycles. The van der Waals surface area contributed by atoms with E-state index in [1.807, 2.05) is 12.3 Å². The molecule has 0 atom stereocenters. The van der Waals surface area contributed by atoms with Crippen LogP contribution in [0, 0.1) is 0 Å². The van der Waals surface area contributed by atoms with Crippen molar-refractivity contribution in [1.82, 2.24) is 4.98 Å². The summed E-state index contributed by atoms with van der Waals surface area (Å²) in [7, 11) is 0. The number of rotatable bonds is 1. The number of hydrogen-bond acceptors (Lipinski definition) is 2. The molecule has 0 aromatic carbocycles. The predicted molar refractivity (Wildman–Crippen MR) is 48.6 cm³/mol. The van der Waals surface area contributed by atoms with Crippen molar-refractivity contribution in [2.45, 2.75) is 31.2 Å². The smallest absolute Gasteiger partial charge is 0.0425 e. The second kappa shape index (κ2) is 2.87. The van der Waals surface area contributed by atoms with E-state index in [2.05, 4.69) is 11.1 Å². The highest BCUT2D eigenvalue weighted by molar-refractivity contribution is 5.21. The molecule has 64 valence electrons. The predicted octanol–water partition coefficient (Wildman–Crippen LogP) is 1.81. The molecule has 0 radical (unpaired) electrons. The van der Waals surface area contributed by atoms with E-state index >= 15 is 0 Å². The average Bonchev–Trinajstić information content (AvgIpc) is 2.55. The average molecular weight is 162 g/mol. The molecule has 0 unspecified atom stereocenters. The van der Waals surface area contributed by atoms with Crippen LogP contribution in [-0.4, -0.2) is 4.98 Å². The Morgan fingerprint density at radius 1 is 1.33 bits per heavy atom. The Balaban J connectivity index is 2.29. The Kier molecular flexibility index (Phi) is 1.85. The third-order valence-corrected chi connectivity index (χ3v) is 2.73. The second-order valence-corrected chi connectivity index (χ2v) is 3.60. The molecule has 1 aromatic rings. The van der Waals surface area contributed by atoms with Crippen molar-refractivity contribution in [3.05, 3.63) is 30.1 Å². The topological polar surface area (TPSA) is 38.9 Å². The Morgan fingerprint density at radius 3 is 2.67 bits per heavy atom. The summed E-state index contributed by atoms with van der Waals surface area (Å²) in [6.07, 6.45) is 8.42. The first-order valence-corrected chi connectivity index (χ1v) is 4.51. The Hall–Kier alpha value is -0.890. The lowest BCUT2D eigenvalue weighted by molar-refractivity contribution is 0.460. The van der Waals surface area contributed by atoms with Crippen LogP contribution in [0.3, 0.4) is 0 Å². The molecule has 1 heterocycles. The first-order chi connectivity index (χ1) is 5.81. The fourth-order valence-electron chi connectivity index (χ4n) is 1.95. The number of nitrogens with zero attached hydrogens (tertiary/aromatic N) is 1. The lowest BCUT2D eigenvalue weighted by atomic mass is 9.91. The van der Waals surface area contributed by atoms with E-state index in [0.29, 0.717) is 0 Å². The maximum absolute atomic E-state index is 6.24. The van der Waals surface area contributed by atoms with Gasteiger partial charge in [0.05, 0.1) is 0 Å². The van der Waals surface area contributed by atoms with Crippen molar-refractivity contribution in [3.8, 4) is 0 Å². The number of aromatic nitrogens is 1. The molecule has 1 aromatic heterocycles. The highest BCUT2D eigenvalue weighted by atomic mass is 14.8. The fourth-order valence-corrected chi connectivity index (χ4v) is 1.95. The van der Waals surface area contributed by atoms with E-state index in [0.717, 1.165) is 12.8 Å². The monoisotopic (exact) mass is 162 g/mol. The van der Waals surface area contributed by atoms with Gasteiger partial charge in [-0.3, -0.25) is 4.98 Å². The molecule has 2 heteroatoms. The van der Waals surface area contributed by atoms with Crippen LogP contribution in [0.5, 0.6) is 0 Å². The molecule has 0 aliphatic heterocycles. The summed E-state index contributed by atoms with van der Waals surface area (Å²) in [5.74, 6) is 0. The lowest BCUT2D eigenvalue weighted by Crippen LogP contribution is -2.33. The maximum atomic E-state index is 6.24. The van der Waals surface area contributed by atoms with Crippen LogP contribution in [0.25, 0.3) is 0 Å². The first kappa shape index (κ1) is 7.74. The third-order valence-electron chi connectivity index (χ3n) is 2.73. The van der Waals surface area contributed by atoms with Gasteiger partial charge in [-0.15, -0.1) is 0 Å². The second-order valence-electron chi connectivity index (χ2n) is 3.60. The molecule has 0 spiro atoms. The Bertz CT molecular complexity index is 250. The fraction of sp³-hybridized carbons (Fsp3) is 0.500. The molecule has 2 N–H and O–H groups in total. The van der Waals surface area contributed by atoms with Crippen LogP contribution in [0.2, 0.25) is 0 Å². The van der Waals surface area contributed by atoms with Gasteiger partial charge in [0.15, 0.2) is 0 Å². The van der Waals surface area contributed by atoms with Crippen LogP contribution in [0.1, 0.15) is 31.2 Å². The summed E-state index contributed by atoms with van der Waals surface area (Å²) in [5.41, 5.74) is 7.36. The molecule has 1 fully saturated rings. The van der Waals surface area contributed by atoms with Gasteiger partial charge in [0.25, 0.3) is 0 Å². The van der Waals surface area contributed by atoms with E-state index < -0.39 is 0 Å². The minimum Gasteiger partial charge on any atom is -0.321 e. The van der Waals surface area contributed by atoms with Gasteiger partial charge >= 0.3 is 0 Å². The zero-order valence-corrected chi connectivity index (χ0v) is 7.16. The zero-order chi connectivity index (χ0) is 8.44. The van der Waals surface area contributed by atoms with Crippen LogP contribution in [-0.2, 0) is 5.54 Å². The molecule has 0 saturated heterocycles. The van der Waals surface area contributed by atoms with Gasteiger partial charge in [-0.2, -0.15) is 0 Å². The molecule has 0 bridgehead atoms. The van der Waals surface area contributed by atoms with E-state index in [-0.39, 0.29) is 5.54 Å². The van der Waals surface area contributed by atoms with Crippen LogP contribution in [0.4, 0.5) is 0 Å². The highest BCUT2D eigenvalue weighted by Gasteiger charge is 2.30. The Labute approximate surface area is 72.8 Å². The minimum absolute atomic E-state index is 0.0751. The van der Waals surface area contributed by atoms with E-state index in [1.165, 1.54) is 18.4 Å². The van der Waals surface area contributed by atoms with Crippen molar-refractivity contribution in [1.29, 1.82) is 0 Å². The molecule has 12 heavy (non-hydrogen) atoms. The van der Waals surface area contributed by atoms with Crippen molar-refractivity contribution in [3.63, 3.8) is 0 Å². The summed E-state index contributed by atoms with van der Waals surface area (Å²) >= 11 is 0. The lowest BCUT2D eigenvalue weighted by Gasteiger charge is -2.23. The molecular formula is C10H14N2. The van der Waals surface area contributed by atoms with Crippen LogP contribution in [0.15, 0.2) is 24.5 Å². The third kappa shape index (κ3) is 1.23. The minimum atomic E-state index is -0.0751. The van der Waals surface area contributed by atoms with E-state index in [1.54, 1.807) is 6.20 Å². The molecule has 1 saturated carbocycles. The maximum Gasteiger partial charge on any atom is 0.0425 e. The van der Waals surface area contributed by atoms with Gasteiger partial charge < -0.3 is 5.73 Å². The molecule has 0 amide bonds. The summed E-state index contributed by atoms with van der Waals surface area (Å²) in [6.45, 7) is 0. The molecule has 1 aliphatic rings. The summed E-state index contributed by atoms with van der Waals surface area (Å²) in [6, 6.07) is 4.04. The van der Waals surface area contributed by atoms with Gasteiger partial charge in [-0.05, 0) is 24.5 Å². The highest BCUT2D eigenvalue weighted by Crippen LogP contribution is 2.35. The standard InChI is InChI=1S/C10H14N2/c11-10(5-1-2-6-10)9-4-3-7-12-8-9/h3-4,7-8H,1-2,5-6,11H2. The first-order valence-electron chi connectivity index (χ1n) is 4.51. The van der Waals surface area contributed by atoms with Crippen molar-refractivity contribution >= 4 is 0 Å². The van der Waals surface area contributed by atoms with Crippen LogP contribution < -0.4 is 5.73 Å². The summed E-state index contributed by atoms with van der Waals surface area (Å²) in [5, 5.41) is 0. The molecule has 2 rings (SSSR count). The normalized spacial score (nSPS) is 21.1. The van der Waals surface area contributed by atoms with Crippen LogP contribution >= 0.6 is 0 Å².